The van der Waals surface area contributed by atoms with E-state index in [1.807, 2.05) is 0 Å². The van der Waals surface area contributed by atoms with Crippen molar-refractivity contribution in [2.45, 2.75) is 12.8 Å². The van der Waals surface area contributed by atoms with Gasteiger partial charge in [-0.25, -0.2) is 8.78 Å². The second kappa shape index (κ2) is 4.40. The van der Waals surface area contributed by atoms with Crippen LogP contribution < -0.4 is 10.5 Å². The van der Waals surface area contributed by atoms with Gasteiger partial charge in [-0.15, -0.1) is 13.2 Å². The van der Waals surface area contributed by atoms with Crippen molar-refractivity contribution in [3.63, 3.8) is 0 Å². The number of alkyl halides is 5. The van der Waals surface area contributed by atoms with Gasteiger partial charge in [0.25, 0.3) is 6.43 Å². The van der Waals surface area contributed by atoms with E-state index in [0.29, 0.717) is 0 Å². The highest BCUT2D eigenvalue weighted by atomic mass is 79.9. The summed E-state index contributed by atoms with van der Waals surface area (Å²) in [6, 6.07) is 0.730. The molecule has 0 aliphatic carbocycles. The van der Waals surface area contributed by atoms with Crippen molar-refractivity contribution in [3.05, 3.63) is 16.1 Å². The zero-order valence-electron chi connectivity index (χ0n) is 7.36. The molecule has 1 aromatic rings. The van der Waals surface area contributed by atoms with Gasteiger partial charge in [-0.3, -0.25) is 0 Å². The number of pyridine rings is 1. The summed E-state index contributed by atoms with van der Waals surface area (Å²) in [5, 5.41) is 0. The molecule has 1 rings (SSSR count). The van der Waals surface area contributed by atoms with Crippen molar-refractivity contribution >= 4 is 21.7 Å². The topological polar surface area (TPSA) is 48.1 Å². The third-order valence-electron chi connectivity index (χ3n) is 1.44. The third kappa shape index (κ3) is 3.19. The zero-order chi connectivity index (χ0) is 12.5. The molecule has 0 radical (unpaired) electrons. The van der Waals surface area contributed by atoms with Gasteiger partial charge in [-0.1, -0.05) is 0 Å². The molecule has 90 valence electrons. The first-order chi connectivity index (χ1) is 7.20. The first-order valence-corrected chi connectivity index (χ1v) is 4.50. The van der Waals surface area contributed by atoms with Crippen LogP contribution in [0.5, 0.6) is 5.88 Å². The molecule has 2 N–H and O–H groups in total. The van der Waals surface area contributed by atoms with Gasteiger partial charge < -0.3 is 10.5 Å². The molecule has 1 heterocycles. The Balaban J connectivity index is 3.20. The van der Waals surface area contributed by atoms with Gasteiger partial charge in [0, 0.05) is 0 Å². The van der Waals surface area contributed by atoms with Gasteiger partial charge in [-0.2, -0.15) is 4.98 Å². The SMILES string of the molecule is Nc1nc(OC(F)(F)F)c(C(F)F)cc1Br. The zero-order valence-corrected chi connectivity index (χ0v) is 8.94. The van der Waals surface area contributed by atoms with Crippen molar-refractivity contribution in [2.75, 3.05) is 5.73 Å². The van der Waals surface area contributed by atoms with Crippen LogP contribution in [0, 0.1) is 0 Å². The molecule has 0 atom stereocenters. The second-order valence-electron chi connectivity index (χ2n) is 2.60. The lowest BCUT2D eigenvalue weighted by molar-refractivity contribution is -0.276. The van der Waals surface area contributed by atoms with Crippen molar-refractivity contribution in [2.24, 2.45) is 0 Å². The van der Waals surface area contributed by atoms with E-state index >= 15 is 0 Å². The van der Waals surface area contributed by atoms with Crippen LogP contribution >= 0.6 is 15.9 Å². The van der Waals surface area contributed by atoms with Crippen molar-refractivity contribution in [1.82, 2.24) is 4.98 Å². The van der Waals surface area contributed by atoms with Gasteiger partial charge in [0.05, 0.1) is 10.0 Å². The van der Waals surface area contributed by atoms with Crippen LogP contribution in [-0.4, -0.2) is 11.3 Å². The Morgan fingerprint density at radius 2 is 1.94 bits per heavy atom. The molecule has 0 saturated carbocycles. The van der Waals surface area contributed by atoms with E-state index in [-0.39, 0.29) is 10.3 Å². The lowest BCUT2D eigenvalue weighted by Gasteiger charge is -2.12. The number of anilines is 1. The molecular weight excluding hydrogens is 303 g/mol. The number of nitrogens with zero attached hydrogens (tertiary/aromatic N) is 1. The number of rotatable bonds is 2. The summed E-state index contributed by atoms with van der Waals surface area (Å²) in [5.41, 5.74) is 4.17. The average Bonchev–Trinajstić information content (AvgIpc) is 2.07. The first kappa shape index (κ1) is 12.9. The Hall–Kier alpha value is -1.12. The predicted octanol–water partition coefficient (Wildman–Crippen LogP) is 3.26. The van der Waals surface area contributed by atoms with Crippen LogP contribution in [0.15, 0.2) is 10.5 Å². The molecule has 9 heteroatoms. The molecule has 0 fully saturated rings. The van der Waals surface area contributed by atoms with Crippen molar-refractivity contribution < 1.29 is 26.7 Å². The van der Waals surface area contributed by atoms with Gasteiger partial charge >= 0.3 is 6.36 Å². The summed E-state index contributed by atoms with van der Waals surface area (Å²) in [5.74, 6) is -1.62. The molecule has 0 aromatic carbocycles. The average molecular weight is 307 g/mol. The Morgan fingerprint density at radius 1 is 1.38 bits per heavy atom. The molecule has 0 unspecified atom stereocenters. The van der Waals surface area contributed by atoms with Crippen LogP contribution in [0.3, 0.4) is 0 Å². The Morgan fingerprint density at radius 3 is 2.38 bits per heavy atom. The van der Waals surface area contributed by atoms with E-state index in [1.165, 1.54) is 0 Å². The Labute approximate surface area is 94.5 Å². The predicted molar refractivity (Wildman–Crippen MR) is 48.0 cm³/mol. The van der Waals surface area contributed by atoms with E-state index in [4.69, 9.17) is 5.73 Å². The molecular formula is C7H4BrF5N2O. The van der Waals surface area contributed by atoms with Gasteiger partial charge in [0.2, 0.25) is 5.88 Å². The monoisotopic (exact) mass is 306 g/mol. The molecule has 0 spiro atoms. The van der Waals surface area contributed by atoms with Crippen LogP contribution in [0.1, 0.15) is 12.0 Å². The minimum absolute atomic E-state index is 0.0303. The Kier molecular flexibility index (Phi) is 3.56. The van der Waals surface area contributed by atoms with Gasteiger partial charge in [0.1, 0.15) is 5.82 Å². The minimum atomic E-state index is -5.10. The highest BCUT2D eigenvalue weighted by Crippen LogP contribution is 2.35. The summed E-state index contributed by atoms with van der Waals surface area (Å²) in [6.45, 7) is 0. The molecule has 16 heavy (non-hydrogen) atoms. The number of nitrogen functional groups attached to an aromatic ring is 1. The quantitative estimate of drug-likeness (QED) is 0.853. The lowest BCUT2D eigenvalue weighted by Crippen LogP contribution is -2.19. The first-order valence-electron chi connectivity index (χ1n) is 3.70. The van der Waals surface area contributed by atoms with Gasteiger partial charge in [0.15, 0.2) is 0 Å². The van der Waals surface area contributed by atoms with E-state index in [0.717, 1.165) is 6.07 Å². The number of hydrogen-bond donors (Lipinski definition) is 1. The summed E-state index contributed by atoms with van der Waals surface area (Å²) >= 11 is 2.77. The van der Waals surface area contributed by atoms with E-state index in [2.05, 4.69) is 25.7 Å². The van der Waals surface area contributed by atoms with E-state index < -0.39 is 24.2 Å². The maximum atomic E-state index is 12.4. The van der Waals surface area contributed by atoms with Crippen LogP contribution in [0.2, 0.25) is 0 Å². The van der Waals surface area contributed by atoms with Gasteiger partial charge in [-0.05, 0) is 22.0 Å². The molecule has 0 bridgehead atoms. The van der Waals surface area contributed by atoms with E-state index in [1.54, 1.807) is 0 Å². The summed E-state index contributed by atoms with van der Waals surface area (Å²) in [4.78, 5) is 3.09. The number of halogens is 6. The fraction of sp³-hybridized carbons (Fsp3) is 0.286. The maximum absolute atomic E-state index is 12.4. The largest absolute Gasteiger partial charge is 0.574 e. The van der Waals surface area contributed by atoms with E-state index in [9.17, 15) is 22.0 Å². The van der Waals surface area contributed by atoms with Crippen molar-refractivity contribution in [1.29, 1.82) is 0 Å². The highest BCUT2D eigenvalue weighted by molar-refractivity contribution is 9.10. The minimum Gasteiger partial charge on any atom is -0.387 e. The lowest BCUT2D eigenvalue weighted by atomic mass is 10.3. The maximum Gasteiger partial charge on any atom is 0.574 e. The number of ether oxygens (including phenoxy) is 1. The normalized spacial score (nSPS) is 11.9. The van der Waals surface area contributed by atoms with Crippen molar-refractivity contribution in [3.8, 4) is 5.88 Å². The summed E-state index contributed by atoms with van der Waals surface area (Å²) < 4.78 is 63.6. The number of aromatic nitrogens is 1. The molecule has 0 saturated heterocycles. The number of hydrogen-bond acceptors (Lipinski definition) is 3. The third-order valence-corrected chi connectivity index (χ3v) is 2.08. The fourth-order valence-corrected chi connectivity index (χ4v) is 1.18. The molecule has 0 aliphatic heterocycles. The van der Waals surface area contributed by atoms with Crippen LogP contribution in [0.25, 0.3) is 0 Å². The number of nitrogens with two attached hydrogens (primary N) is 1. The molecule has 0 aliphatic rings. The summed E-state index contributed by atoms with van der Waals surface area (Å²) in [7, 11) is 0. The van der Waals surface area contributed by atoms with Crippen LogP contribution in [0.4, 0.5) is 27.8 Å². The molecule has 1 aromatic heterocycles. The highest BCUT2D eigenvalue weighted by Gasteiger charge is 2.34. The fourth-order valence-electron chi connectivity index (χ4n) is 0.847. The summed E-state index contributed by atoms with van der Waals surface area (Å²) in [6.07, 6.45) is -8.25. The second-order valence-corrected chi connectivity index (χ2v) is 3.45. The molecule has 3 nitrogen and oxygen atoms in total. The molecule has 0 amide bonds. The smallest absolute Gasteiger partial charge is 0.387 e. The van der Waals surface area contributed by atoms with Crippen LogP contribution in [-0.2, 0) is 0 Å². The standard InChI is InChI=1S/C7H4BrF5N2O/c8-3-1-2(4(9)10)6(15-5(3)14)16-7(11,12)13/h1,4H,(H2,14,15). The Bertz CT molecular complexity index is 395.